The topological polar surface area (TPSA) is 33.2 Å². The third kappa shape index (κ3) is 3.91. The fraction of sp³-hybridized carbons (Fsp3) is 0.600. The minimum absolute atomic E-state index is 0.210. The van der Waals surface area contributed by atoms with Gasteiger partial charge in [-0.3, -0.25) is 9.88 Å². The van der Waals surface area contributed by atoms with Crippen molar-refractivity contribution in [1.29, 1.82) is 0 Å². The molecule has 0 amide bonds. The molecule has 0 aliphatic carbocycles. The van der Waals surface area contributed by atoms with Crippen LogP contribution in [-0.4, -0.2) is 29.8 Å². The average Bonchev–Trinajstić information content (AvgIpc) is 2.36. The minimum Gasteiger partial charge on any atom is -0.303 e. The Morgan fingerprint density at radius 2 is 2.00 bits per heavy atom. The van der Waals surface area contributed by atoms with Crippen LogP contribution in [0.1, 0.15) is 38.1 Å². The van der Waals surface area contributed by atoms with E-state index in [-0.39, 0.29) is 5.41 Å². The first-order valence-corrected chi connectivity index (χ1v) is 6.62. The molecule has 1 aromatic rings. The zero-order chi connectivity index (χ0) is 13.6. The molecule has 100 valence electrons. The van der Waals surface area contributed by atoms with Crippen molar-refractivity contribution in [3.63, 3.8) is 0 Å². The zero-order valence-electron chi connectivity index (χ0n) is 11.9. The highest BCUT2D eigenvalue weighted by Gasteiger charge is 2.27. The Labute approximate surface area is 110 Å². The first-order chi connectivity index (χ1) is 8.55. The molecule has 3 nitrogen and oxygen atoms in total. The molecule has 3 heteroatoms. The van der Waals surface area contributed by atoms with Crippen molar-refractivity contribution in [3.05, 3.63) is 29.6 Å². The summed E-state index contributed by atoms with van der Waals surface area (Å²) in [6.07, 6.45) is 2.89. The Balaban J connectivity index is 2.66. The van der Waals surface area contributed by atoms with Gasteiger partial charge in [0, 0.05) is 24.2 Å². The second kappa shape index (κ2) is 6.64. The van der Waals surface area contributed by atoms with Gasteiger partial charge in [0.2, 0.25) is 0 Å². The van der Waals surface area contributed by atoms with E-state index in [2.05, 4.69) is 23.7 Å². The van der Waals surface area contributed by atoms with E-state index in [1.165, 1.54) is 0 Å². The standard InChI is InChI=1S/C15H24N2O/c1-5-15(6-2,12-18)11-17(4)10-14-9-7-8-13(3)16-14/h7-9,12H,5-6,10-11H2,1-4H3. The van der Waals surface area contributed by atoms with Crippen LogP contribution in [0.5, 0.6) is 0 Å². The van der Waals surface area contributed by atoms with Crippen LogP contribution >= 0.6 is 0 Å². The van der Waals surface area contributed by atoms with Gasteiger partial charge in [-0.15, -0.1) is 0 Å². The predicted molar refractivity (Wildman–Crippen MR) is 74.4 cm³/mol. The largest absolute Gasteiger partial charge is 0.303 e. The summed E-state index contributed by atoms with van der Waals surface area (Å²) >= 11 is 0. The monoisotopic (exact) mass is 248 g/mol. The molecule has 1 heterocycles. The van der Waals surface area contributed by atoms with Crippen LogP contribution < -0.4 is 0 Å². The summed E-state index contributed by atoms with van der Waals surface area (Å²) < 4.78 is 0. The van der Waals surface area contributed by atoms with Crippen LogP contribution in [0.4, 0.5) is 0 Å². The van der Waals surface area contributed by atoms with Crippen molar-refractivity contribution in [1.82, 2.24) is 9.88 Å². The Morgan fingerprint density at radius 1 is 1.33 bits per heavy atom. The molecule has 0 atom stereocenters. The fourth-order valence-electron chi connectivity index (χ4n) is 2.24. The number of nitrogens with zero attached hydrogens (tertiary/aromatic N) is 2. The molecule has 0 saturated carbocycles. The molecule has 1 aromatic heterocycles. The summed E-state index contributed by atoms with van der Waals surface area (Å²) in [7, 11) is 2.05. The van der Waals surface area contributed by atoms with Gasteiger partial charge in [-0.2, -0.15) is 0 Å². The van der Waals surface area contributed by atoms with E-state index in [1.807, 2.05) is 32.2 Å². The van der Waals surface area contributed by atoms with Crippen LogP contribution in [0.25, 0.3) is 0 Å². The number of carbonyl (C=O) groups excluding carboxylic acids is 1. The molecule has 0 N–H and O–H groups in total. The van der Waals surface area contributed by atoms with Crippen molar-refractivity contribution >= 4 is 6.29 Å². The molecule has 0 aliphatic heterocycles. The second-order valence-corrected chi connectivity index (χ2v) is 5.13. The predicted octanol–water partition coefficient (Wildman–Crippen LogP) is 2.83. The summed E-state index contributed by atoms with van der Waals surface area (Å²) in [5, 5.41) is 0. The number of hydrogen-bond donors (Lipinski definition) is 0. The summed E-state index contributed by atoms with van der Waals surface area (Å²) in [4.78, 5) is 18.0. The highest BCUT2D eigenvalue weighted by atomic mass is 16.1. The van der Waals surface area contributed by atoms with Gasteiger partial charge in [-0.1, -0.05) is 19.9 Å². The van der Waals surface area contributed by atoms with Crippen LogP contribution in [0.3, 0.4) is 0 Å². The Morgan fingerprint density at radius 3 is 2.50 bits per heavy atom. The summed E-state index contributed by atoms with van der Waals surface area (Å²) in [6, 6.07) is 6.05. The van der Waals surface area contributed by atoms with Crippen LogP contribution in [0.15, 0.2) is 18.2 Å². The molecule has 0 saturated heterocycles. The molecule has 0 unspecified atom stereocenters. The van der Waals surface area contributed by atoms with Crippen molar-refractivity contribution in [2.24, 2.45) is 5.41 Å². The second-order valence-electron chi connectivity index (χ2n) is 5.13. The van der Waals surface area contributed by atoms with Crippen LogP contribution in [-0.2, 0) is 11.3 Å². The lowest BCUT2D eigenvalue weighted by Crippen LogP contribution is -2.36. The van der Waals surface area contributed by atoms with Gasteiger partial charge in [-0.25, -0.2) is 0 Å². The number of carbonyl (C=O) groups is 1. The van der Waals surface area contributed by atoms with Gasteiger partial charge in [-0.05, 0) is 38.9 Å². The SMILES string of the molecule is CCC(C=O)(CC)CN(C)Cc1cccc(C)n1. The molecule has 0 bridgehead atoms. The number of aldehydes is 1. The smallest absolute Gasteiger partial charge is 0.127 e. The van der Waals surface area contributed by atoms with Crippen molar-refractivity contribution < 1.29 is 4.79 Å². The third-order valence-corrected chi connectivity index (χ3v) is 3.62. The van der Waals surface area contributed by atoms with E-state index in [0.29, 0.717) is 0 Å². The summed E-state index contributed by atoms with van der Waals surface area (Å²) in [5.74, 6) is 0. The molecule has 0 spiro atoms. The van der Waals surface area contributed by atoms with E-state index in [1.54, 1.807) is 0 Å². The molecule has 0 radical (unpaired) electrons. The highest BCUT2D eigenvalue weighted by molar-refractivity contribution is 5.59. The van der Waals surface area contributed by atoms with Crippen molar-refractivity contribution in [3.8, 4) is 0 Å². The van der Waals surface area contributed by atoms with Gasteiger partial charge in [0.05, 0.1) is 5.69 Å². The van der Waals surface area contributed by atoms with Gasteiger partial charge in [0.15, 0.2) is 0 Å². The molecule has 0 aliphatic rings. The molecule has 1 rings (SSSR count). The van der Waals surface area contributed by atoms with E-state index < -0.39 is 0 Å². The fourth-order valence-corrected chi connectivity index (χ4v) is 2.24. The Bertz CT molecular complexity index is 386. The lowest BCUT2D eigenvalue weighted by atomic mass is 9.83. The summed E-state index contributed by atoms with van der Waals surface area (Å²) in [5.41, 5.74) is 1.89. The molecule has 18 heavy (non-hydrogen) atoms. The number of rotatable bonds is 7. The van der Waals surface area contributed by atoms with Crippen molar-refractivity contribution in [2.75, 3.05) is 13.6 Å². The van der Waals surface area contributed by atoms with E-state index in [4.69, 9.17) is 0 Å². The molecular formula is C15H24N2O. The highest BCUT2D eigenvalue weighted by Crippen LogP contribution is 2.24. The Hall–Kier alpha value is -1.22. The lowest BCUT2D eigenvalue weighted by molar-refractivity contribution is -0.117. The van der Waals surface area contributed by atoms with E-state index in [9.17, 15) is 4.79 Å². The van der Waals surface area contributed by atoms with E-state index >= 15 is 0 Å². The Kier molecular flexibility index (Phi) is 5.48. The number of pyridine rings is 1. The average molecular weight is 248 g/mol. The lowest BCUT2D eigenvalue weighted by Gasteiger charge is -2.30. The first kappa shape index (κ1) is 14.8. The quantitative estimate of drug-likeness (QED) is 0.696. The van der Waals surface area contributed by atoms with Crippen LogP contribution in [0.2, 0.25) is 0 Å². The van der Waals surface area contributed by atoms with Crippen LogP contribution in [0, 0.1) is 12.3 Å². The summed E-state index contributed by atoms with van der Waals surface area (Å²) in [6.45, 7) is 7.74. The zero-order valence-corrected chi connectivity index (χ0v) is 11.9. The van der Waals surface area contributed by atoms with E-state index in [0.717, 1.165) is 43.6 Å². The minimum atomic E-state index is -0.210. The van der Waals surface area contributed by atoms with Gasteiger partial charge in [0.25, 0.3) is 0 Å². The van der Waals surface area contributed by atoms with Gasteiger partial charge in [0.1, 0.15) is 6.29 Å². The maximum Gasteiger partial charge on any atom is 0.127 e. The first-order valence-electron chi connectivity index (χ1n) is 6.62. The third-order valence-electron chi connectivity index (χ3n) is 3.62. The molecular weight excluding hydrogens is 224 g/mol. The van der Waals surface area contributed by atoms with Crippen molar-refractivity contribution in [2.45, 2.75) is 40.2 Å². The molecule has 0 fully saturated rings. The maximum absolute atomic E-state index is 11.3. The number of aromatic nitrogens is 1. The molecule has 0 aromatic carbocycles. The number of aryl methyl sites for hydroxylation is 1. The normalized spacial score (nSPS) is 11.8. The number of hydrogen-bond acceptors (Lipinski definition) is 3. The van der Waals surface area contributed by atoms with Gasteiger partial charge < -0.3 is 4.79 Å². The maximum atomic E-state index is 11.3. The van der Waals surface area contributed by atoms with Gasteiger partial charge >= 0.3 is 0 Å².